The molecule has 3 aromatic rings. The van der Waals surface area contributed by atoms with Gasteiger partial charge in [0.1, 0.15) is 5.82 Å². The van der Waals surface area contributed by atoms with E-state index in [0.717, 1.165) is 25.7 Å². The highest BCUT2D eigenvalue weighted by molar-refractivity contribution is 7.89. The van der Waals surface area contributed by atoms with Crippen LogP contribution in [0.4, 0.5) is 4.39 Å². The van der Waals surface area contributed by atoms with Crippen molar-refractivity contribution < 1.29 is 17.2 Å². The summed E-state index contributed by atoms with van der Waals surface area (Å²) in [7, 11) is -3.56. The van der Waals surface area contributed by atoms with E-state index < -0.39 is 10.0 Å². The zero-order chi connectivity index (χ0) is 19.6. The highest BCUT2D eigenvalue weighted by atomic mass is 32.2. The van der Waals surface area contributed by atoms with Crippen molar-refractivity contribution in [3.63, 3.8) is 0 Å². The minimum absolute atomic E-state index is 0.215. The third-order valence-electron chi connectivity index (χ3n) is 4.80. The first kappa shape index (κ1) is 18.8. The Morgan fingerprint density at radius 2 is 1.50 bits per heavy atom. The Balaban J connectivity index is 1.63. The molecule has 146 valence electrons. The zero-order valence-corrected chi connectivity index (χ0v) is 16.0. The number of hydrogen-bond acceptors (Lipinski definition) is 5. The van der Waals surface area contributed by atoms with Gasteiger partial charge in [0.15, 0.2) is 0 Å². The predicted molar refractivity (Wildman–Crippen MR) is 102 cm³/mol. The summed E-state index contributed by atoms with van der Waals surface area (Å²) in [6.45, 7) is 1.09. The minimum Gasteiger partial charge on any atom is -0.416 e. The Kier molecular flexibility index (Phi) is 5.23. The number of aromatic nitrogens is 2. The molecule has 0 bridgehead atoms. The van der Waals surface area contributed by atoms with Gasteiger partial charge < -0.3 is 4.42 Å². The molecule has 0 saturated carbocycles. The molecule has 0 radical (unpaired) electrons. The monoisotopic (exact) mass is 401 g/mol. The van der Waals surface area contributed by atoms with Gasteiger partial charge in [-0.25, -0.2) is 12.8 Å². The van der Waals surface area contributed by atoms with E-state index in [0.29, 0.717) is 24.2 Å². The van der Waals surface area contributed by atoms with E-state index in [1.54, 1.807) is 40.7 Å². The van der Waals surface area contributed by atoms with Crippen LogP contribution in [0.1, 0.15) is 25.7 Å². The number of nitrogens with zero attached hydrogens (tertiary/aromatic N) is 3. The lowest BCUT2D eigenvalue weighted by Crippen LogP contribution is -2.31. The van der Waals surface area contributed by atoms with Gasteiger partial charge in [0.25, 0.3) is 0 Å². The quantitative estimate of drug-likeness (QED) is 0.658. The van der Waals surface area contributed by atoms with Crippen molar-refractivity contribution in [3.05, 3.63) is 54.3 Å². The van der Waals surface area contributed by atoms with E-state index in [1.807, 2.05) is 0 Å². The first-order chi connectivity index (χ1) is 13.5. The highest BCUT2D eigenvalue weighted by Crippen LogP contribution is 2.27. The fraction of sp³-hybridized carbons (Fsp3) is 0.300. The second-order valence-corrected chi connectivity index (χ2v) is 8.70. The molecule has 4 rings (SSSR count). The average Bonchev–Trinajstić information content (AvgIpc) is 3.03. The van der Waals surface area contributed by atoms with Crippen LogP contribution >= 0.6 is 0 Å². The van der Waals surface area contributed by atoms with Gasteiger partial charge in [-0.2, -0.15) is 4.31 Å². The summed E-state index contributed by atoms with van der Waals surface area (Å²) in [5, 5.41) is 8.00. The third kappa shape index (κ3) is 3.83. The topological polar surface area (TPSA) is 76.3 Å². The molecule has 0 amide bonds. The van der Waals surface area contributed by atoms with E-state index in [1.165, 1.54) is 12.1 Å². The largest absolute Gasteiger partial charge is 0.416 e. The Bertz CT molecular complexity index is 1060. The van der Waals surface area contributed by atoms with Gasteiger partial charge in [0.2, 0.25) is 21.8 Å². The van der Waals surface area contributed by atoms with Crippen LogP contribution in [0.5, 0.6) is 0 Å². The second kappa shape index (κ2) is 7.81. The van der Waals surface area contributed by atoms with Crippen molar-refractivity contribution in [2.24, 2.45) is 0 Å². The first-order valence-electron chi connectivity index (χ1n) is 9.24. The fourth-order valence-corrected chi connectivity index (χ4v) is 4.83. The van der Waals surface area contributed by atoms with Crippen molar-refractivity contribution in [1.29, 1.82) is 0 Å². The molecule has 0 N–H and O–H groups in total. The molecule has 2 heterocycles. The van der Waals surface area contributed by atoms with Crippen LogP contribution in [0, 0.1) is 5.82 Å². The summed E-state index contributed by atoms with van der Waals surface area (Å²) in [6.07, 6.45) is 3.87. The van der Waals surface area contributed by atoms with Gasteiger partial charge in [-0.05, 0) is 55.3 Å². The molecule has 0 unspecified atom stereocenters. The van der Waals surface area contributed by atoms with Gasteiger partial charge in [0, 0.05) is 24.2 Å². The summed E-state index contributed by atoms with van der Waals surface area (Å²) in [5.41, 5.74) is 1.12. The minimum atomic E-state index is -3.56. The van der Waals surface area contributed by atoms with Gasteiger partial charge in [-0.3, -0.25) is 0 Å². The fourth-order valence-electron chi connectivity index (χ4n) is 3.27. The molecule has 0 aliphatic carbocycles. The van der Waals surface area contributed by atoms with E-state index in [-0.39, 0.29) is 22.5 Å². The number of hydrogen-bond donors (Lipinski definition) is 0. The molecular formula is C20H20FN3O3S. The normalized spacial score (nSPS) is 16.0. The molecule has 1 fully saturated rings. The van der Waals surface area contributed by atoms with Crippen molar-refractivity contribution in [2.75, 3.05) is 13.1 Å². The van der Waals surface area contributed by atoms with E-state index in [2.05, 4.69) is 10.2 Å². The Morgan fingerprint density at radius 1 is 0.857 bits per heavy atom. The maximum Gasteiger partial charge on any atom is 0.248 e. The lowest BCUT2D eigenvalue weighted by Gasteiger charge is -2.20. The predicted octanol–water partition coefficient (Wildman–Crippen LogP) is 4.11. The number of rotatable bonds is 4. The zero-order valence-electron chi connectivity index (χ0n) is 15.2. The van der Waals surface area contributed by atoms with Gasteiger partial charge in [-0.15, -0.1) is 10.2 Å². The molecule has 6 nitrogen and oxygen atoms in total. The summed E-state index contributed by atoms with van der Waals surface area (Å²) < 4.78 is 46.3. The molecule has 1 aromatic heterocycles. The Labute approximate surface area is 163 Å². The molecule has 0 atom stereocenters. The standard InChI is InChI=1S/C20H20FN3O3S/c21-17-10-8-15(9-11-17)19-22-23-20(27-19)16-6-5-7-18(14-16)28(25,26)24-12-3-1-2-4-13-24/h5-11,14H,1-4,12-13H2. The lowest BCUT2D eigenvalue weighted by molar-refractivity contribution is 0.424. The van der Waals surface area contributed by atoms with Gasteiger partial charge in [0.05, 0.1) is 4.90 Å². The van der Waals surface area contributed by atoms with Crippen LogP contribution in [0.3, 0.4) is 0 Å². The molecule has 1 aliphatic rings. The Morgan fingerprint density at radius 3 is 2.18 bits per heavy atom. The average molecular weight is 401 g/mol. The maximum absolute atomic E-state index is 13.1. The summed E-state index contributed by atoms with van der Waals surface area (Å²) in [5.74, 6) is 0.109. The SMILES string of the molecule is O=S(=O)(c1cccc(-c2nnc(-c3ccc(F)cc3)o2)c1)N1CCCCCC1. The van der Waals surface area contributed by atoms with Crippen molar-refractivity contribution in [2.45, 2.75) is 30.6 Å². The third-order valence-corrected chi connectivity index (χ3v) is 6.69. The van der Waals surface area contributed by atoms with Crippen LogP contribution in [0.25, 0.3) is 22.9 Å². The molecule has 1 aliphatic heterocycles. The summed E-state index contributed by atoms with van der Waals surface area (Å²) in [6, 6.07) is 12.3. The number of sulfonamides is 1. The molecule has 0 spiro atoms. The highest BCUT2D eigenvalue weighted by Gasteiger charge is 2.25. The molecule has 28 heavy (non-hydrogen) atoms. The van der Waals surface area contributed by atoms with Crippen LogP contribution in [-0.4, -0.2) is 36.0 Å². The van der Waals surface area contributed by atoms with Crippen LogP contribution < -0.4 is 0 Å². The van der Waals surface area contributed by atoms with Crippen molar-refractivity contribution in [3.8, 4) is 22.9 Å². The molecular weight excluding hydrogens is 381 g/mol. The van der Waals surface area contributed by atoms with E-state index >= 15 is 0 Å². The maximum atomic E-state index is 13.1. The van der Waals surface area contributed by atoms with Crippen LogP contribution in [-0.2, 0) is 10.0 Å². The van der Waals surface area contributed by atoms with Crippen molar-refractivity contribution >= 4 is 10.0 Å². The van der Waals surface area contributed by atoms with Gasteiger partial charge >= 0.3 is 0 Å². The summed E-state index contributed by atoms with van der Waals surface area (Å²) >= 11 is 0. The van der Waals surface area contributed by atoms with E-state index in [9.17, 15) is 12.8 Å². The van der Waals surface area contributed by atoms with Gasteiger partial charge in [-0.1, -0.05) is 18.9 Å². The Hall–Kier alpha value is -2.58. The summed E-state index contributed by atoms with van der Waals surface area (Å²) in [4.78, 5) is 0.216. The molecule has 1 saturated heterocycles. The molecule has 8 heteroatoms. The smallest absolute Gasteiger partial charge is 0.248 e. The lowest BCUT2D eigenvalue weighted by atomic mass is 10.2. The van der Waals surface area contributed by atoms with E-state index in [4.69, 9.17) is 4.42 Å². The number of halogens is 1. The van der Waals surface area contributed by atoms with Crippen LogP contribution in [0.15, 0.2) is 57.8 Å². The van der Waals surface area contributed by atoms with Crippen LogP contribution in [0.2, 0.25) is 0 Å². The number of benzene rings is 2. The first-order valence-corrected chi connectivity index (χ1v) is 10.7. The second-order valence-electron chi connectivity index (χ2n) is 6.77. The molecule has 2 aromatic carbocycles. The van der Waals surface area contributed by atoms with Crippen molar-refractivity contribution in [1.82, 2.24) is 14.5 Å².